The zero-order valence-electron chi connectivity index (χ0n) is 11.2. The van der Waals surface area contributed by atoms with E-state index in [1.807, 2.05) is 41.8 Å². The maximum absolute atomic E-state index is 11.9. The van der Waals surface area contributed by atoms with Gasteiger partial charge in [0.1, 0.15) is 10.5 Å². The molecule has 0 saturated carbocycles. The third kappa shape index (κ3) is 3.02. The molecule has 3 rings (SSSR count). The first-order valence-corrected chi connectivity index (χ1v) is 7.51. The Morgan fingerprint density at radius 3 is 2.86 bits per heavy atom. The van der Waals surface area contributed by atoms with Gasteiger partial charge in [-0.3, -0.25) is 4.79 Å². The van der Waals surface area contributed by atoms with Gasteiger partial charge in [0, 0.05) is 0 Å². The van der Waals surface area contributed by atoms with E-state index in [9.17, 15) is 9.90 Å². The van der Waals surface area contributed by atoms with Gasteiger partial charge in [0.15, 0.2) is 0 Å². The van der Waals surface area contributed by atoms with Gasteiger partial charge in [0.2, 0.25) is 0 Å². The number of aliphatic hydroxyl groups is 1. The van der Waals surface area contributed by atoms with Crippen LogP contribution in [0, 0.1) is 0 Å². The van der Waals surface area contributed by atoms with Crippen LogP contribution in [-0.4, -0.2) is 21.7 Å². The predicted octanol–water partition coefficient (Wildman–Crippen LogP) is 1.81. The number of aromatic nitrogens is 2. The largest absolute Gasteiger partial charge is 0.394 e. The van der Waals surface area contributed by atoms with Crippen LogP contribution in [0.25, 0.3) is 10.2 Å². The molecule has 0 amide bonds. The summed E-state index contributed by atoms with van der Waals surface area (Å²) in [5, 5.41) is 14.6. The lowest BCUT2D eigenvalue weighted by atomic mass is 10.1. The minimum atomic E-state index is -0.185. The van der Waals surface area contributed by atoms with Crippen LogP contribution in [0.3, 0.4) is 0 Å². The number of thiophene rings is 1. The van der Waals surface area contributed by atoms with Crippen molar-refractivity contribution in [3.05, 3.63) is 63.5 Å². The zero-order chi connectivity index (χ0) is 14.7. The molecule has 0 aliphatic rings. The molecule has 0 radical (unpaired) electrons. The molecule has 0 aliphatic carbocycles. The summed E-state index contributed by atoms with van der Waals surface area (Å²) in [6, 6.07) is 11.3. The van der Waals surface area contributed by atoms with Crippen LogP contribution in [0.2, 0.25) is 0 Å². The average Bonchev–Trinajstić information content (AvgIpc) is 2.98. The van der Waals surface area contributed by atoms with Gasteiger partial charge < -0.3 is 15.4 Å². The summed E-state index contributed by atoms with van der Waals surface area (Å²) in [5.41, 5.74) is 1.59. The molecule has 0 saturated heterocycles. The van der Waals surface area contributed by atoms with Crippen molar-refractivity contribution in [1.29, 1.82) is 0 Å². The normalized spacial score (nSPS) is 12.6. The molecular weight excluding hydrogens is 286 g/mol. The lowest BCUT2D eigenvalue weighted by molar-refractivity contribution is 0.243. The maximum Gasteiger partial charge on any atom is 0.268 e. The quantitative estimate of drug-likeness (QED) is 0.671. The molecule has 3 aromatic rings. The number of nitrogens with one attached hydrogen (secondary N) is 2. The molecule has 3 N–H and O–H groups in total. The summed E-state index contributed by atoms with van der Waals surface area (Å²) in [5.74, 6) is 0.570. The molecule has 108 valence electrons. The van der Waals surface area contributed by atoms with Crippen molar-refractivity contribution in [3.63, 3.8) is 0 Å². The highest BCUT2D eigenvalue weighted by Crippen LogP contribution is 2.15. The Kier molecular flexibility index (Phi) is 4.10. The molecule has 1 unspecified atom stereocenters. The SMILES string of the molecule is O=c1[nH]c(CNC(CO)c2ccccc2)nc2ccsc12. The molecular formula is C15H15N3O2S. The Bertz CT molecular complexity index is 782. The highest BCUT2D eigenvalue weighted by atomic mass is 32.1. The fraction of sp³-hybridized carbons (Fsp3) is 0.200. The lowest BCUT2D eigenvalue weighted by Crippen LogP contribution is -2.26. The summed E-state index contributed by atoms with van der Waals surface area (Å²) in [4.78, 5) is 19.1. The molecule has 0 bridgehead atoms. The third-order valence-electron chi connectivity index (χ3n) is 3.26. The van der Waals surface area contributed by atoms with E-state index in [2.05, 4.69) is 15.3 Å². The van der Waals surface area contributed by atoms with Crippen LogP contribution in [0.5, 0.6) is 0 Å². The number of rotatable bonds is 5. The molecule has 6 heteroatoms. The van der Waals surface area contributed by atoms with Crippen molar-refractivity contribution in [2.75, 3.05) is 6.61 Å². The van der Waals surface area contributed by atoms with Crippen LogP contribution < -0.4 is 10.9 Å². The molecule has 5 nitrogen and oxygen atoms in total. The van der Waals surface area contributed by atoms with Gasteiger partial charge in [-0.2, -0.15) is 0 Å². The fourth-order valence-electron chi connectivity index (χ4n) is 2.20. The standard InChI is InChI=1S/C15H15N3O2S/c19-9-12(10-4-2-1-3-5-10)16-8-13-17-11-6-7-21-14(11)15(20)18-13/h1-7,12,16,19H,8-9H2,(H,17,18,20). The first-order valence-electron chi connectivity index (χ1n) is 6.63. The second kappa shape index (κ2) is 6.17. The Hall–Kier alpha value is -2.02. The van der Waals surface area contributed by atoms with Gasteiger partial charge in [0.05, 0.1) is 24.7 Å². The first-order chi connectivity index (χ1) is 10.3. The van der Waals surface area contributed by atoms with E-state index >= 15 is 0 Å². The number of nitrogens with zero attached hydrogens (tertiary/aromatic N) is 1. The molecule has 1 aromatic carbocycles. The number of aliphatic hydroxyl groups excluding tert-OH is 1. The molecule has 2 heterocycles. The average molecular weight is 301 g/mol. The number of hydrogen-bond donors (Lipinski definition) is 3. The highest BCUT2D eigenvalue weighted by Gasteiger charge is 2.11. The number of aromatic amines is 1. The van der Waals surface area contributed by atoms with Crippen molar-refractivity contribution in [2.24, 2.45) is 0 Å². The van der Waals surface area contributed by atoms with Crippen LogP contribution in [0.1, 0.15) is 17.4 Å². The van der Waals surface area contributed by atoms with Crippen molar-refractivity contribution in [3.8, 4) is 0 Å². The van der Waals surface area contributed by atoms with Crippen LogP contribution in [-0.2, 0) is 6.54 Å². The van der Waals surface area contributed by atoms with E-state index < -0.39 is 0 Å². The number of fused-ring (bicyclic) bond motifs is 1. The Morgan fingerprint density at radius 1 is 1.29 bits per heavy atom. The minimum absolute atomic E-state index is 0.0189. The topological polar surface area (TPSA) is 78.0 Å². The number of benzene rings is 1. The summed E-state index contributed by atoms with van der Waals surface area (Å²) in [6.45, 7) is 0.371. The molecule has 1 atom stereocenters. The zero-order valence-corrected chi connectivity index (χ0v) is 12.1. The second-order valence-electron chi connectivity index (χ2n) is 4.67. The maximum atomic E-state index is 11.9. The third-order valence-corrected chi connectivity index (χ3v) is 4.17. The first kappa shape index (κ1) is 13.9. The van der Waals surface area contributed by atoms with E-state index in [1.165, 1.54) is 11.3 Å². The van der Waals surface area contributed by atoms with Crippen molar-refractivity contribution in [2.45, 2.75) is 12.6 Å². The Balaban J connectivity index is 1.77. The van der Waals surface area contributed by atoms with E-state index in [-0.39, 0.29) is 18.2 Å². The minimum Gasteiger partial charge on any atom is -0.394 e. The predicted molar refractivity (Wildman–Crippen MR) is 83.3 cm³/mol. The van der Waals surface area contributed by atoms with Crippen molar-refractivity contribution < 1.29 is 5.11 Å². The number of hydrogen-bond acceptors (Lipinski definition) is 5. The van der Waals surface area contributed by atoms with E-state index in [4.69, 9.17) is 0 Å². The lowest BCUT2D eigenvalue weighted by Gasteiger charge is -2.16. The molecule has 0 aliphatic heterocycles. The van der Waals surface area contributed by atoms with Gasteiger partial charge in [-0.05, 0) is 17.0 Å². The smallest absolute Gasteiger partial charge is 0.268 e. The van der Waals surface area contributed by atoms with Gasteiger partial charge in [-0.15, -0.1) is 11.3 Å². The number of H-pyrrole nitrogens is 1. The monoisotopic (exact) mass is 301 g/mol. The molecule has 2 aromatic heterocycles. The van der Waals surface area contributed by atoms with Crippen LogP contribution in [0.4, 0.5) is 0 Å². The summed E-state index contributed by atoms with van der Waals surface area (Å²) < 4.78 is 0.639. The van der Waals surface area contributed by atoms with Gasteiger partial charge in [-0.25, -0.2) is 4.98 Å². The van der Waals surface area contributed by atoms with Crippen LogP contribution >= 0.6 is 11.3 Å². The Morgan fingerprint density at radius 2 is 2.10 bits per heavy atom. The Labute approximate surface area is 125 Å². The summed E-state index contributed by atoms with van der Waals surface area (Å²) in [7, 11) is 0. The van der Waals surface area contributed by atoms with E-state index in [0.29, 0.717) is 22.6 Å². The second-order valence-corrected chi connectivity index (χ2v) is 5.59. The van der Waals surface area contributed by atoms with E-state index in [1.54, 1.807) is 0 Å². The van der Waals surface area contributed by atoms with Gasteiger partial charge >= 0.3 is 0 Å². The molecule has 0 spiro atoms. The van der Waals surface area contributed by atoms with E-state index in [0.717, 1.165) is 5.56 Å². The highest BCUT2D eigenvalue weighted by molar-refractivity contribution is 7.17. The van der Waals surface area contributed by atoms with Gasteiger partial charge in [0.25, 0.3) is 5.56 Å². The summed E-state index contributed by atoms with van der Waals surface area (Å²) >= 11 is 1.38. The van der Waals surface area contributed by atoms with Crippen molar-refractivity contribution in [1.82, 2.24) is 15.3 Å². The molecule has 21 heavy (non-hydrogen) atoms. The summed E-state index contributed by atoms with van der Waals surface area (Å²) in [6.07, 6.45) is 0. The van der Waals surface area contributed by atoms with Gasteiger partial charge in [-0.1, -0.05) is 30.3 Å². The molecule has 0 fully saturated rings. The van der Waals surface area contributed by atoms with Crippen molar-refractivity contribution >= 4 is 21.6 Å². The van der Waals surface area contributed by atoms with Crippen LogP contribution in [0.15, 0.2) is 46.6 Å². The fourth-order valence-corrected chi connectivity index (χ4v) is 2.92.